The number of hydrogen-bond acceptors (Lipinski definition) is 5. The minimum absolute atomic E-state index is 0.0910. The van der Waals surface area contributed by atoms with Crippen LogP contribution in [0.2, 0.25) is 0 Å². The summed E-state index contributed by atoms with van der Waals surface area (Å²) in [6.07, 6.45) is 3.34. The number of ether oxygens (including phenoxy) is 1. The first-order valence-electron chi connectivity index (χ1n) is 9.92. The van der Waals surface area contributed by atoms with E-state index in [0.717, 1.165) is 38.2 Å². The lowest BCUT2D eigenvalue weighted by atomic mass is 10.0. The highest BCUT2D eigenvalue weighted by atomic mass is 16.5. The molecule has 2 saturated heterocycles. The summed E-state index contributed by atoms with van der Waals surface area (Å²) in [6.45, 7) is 6.55. The largest absolute Gasteiger partial charge is 0.375 e. The van der Waals surface area contributed by atoms with Gasteiger partial charge in [0.05, 0.1) is 18.8 Å². The van der Waals surface area contributed by atoms with Crippen LogP contribution in [-0.4, -0.2) is 47.9 Å². The lowest BCUT2D eigenvalue weighted by Gasteiger charge is -2.38. The molecule has 2 fully saturated rings. The predicted molar refractivity (Wildman–Crippen MR) is 108 cm³/mol. The van der Waals surface area contributed by atoms with Crippen LogP contribution in [0.5, 0.6) is 0 Å². The number of anilines is 2. The molecule has 1 aromatic heterocycles. The Kier molecular flexibility index (Phi) is 5.16. The third kappa shape index (κ3) is 3.86. The zero-order chi connectivity index (χ0) is 18.8. The van der Waals surface area contributed by atoms with Crippen LogP contribution in [0.3, 0.4) is 0 Å². The molecule has 1 N–H and O–H groups in total. The maximum atomic E-state index is 12.4. The third-order valence-corrected chi connectivity index (χ3v) is 5.86. The highest BCUT2D eigenvalue weighted by Gasteiger charge is 2.30. The van der Waals surface area contributed by atoms with Gasteiger partial charge in [-0.25, -0.2) is 0 Å². The number of rotatable bonds is 4. The molecule has 3 heterocycles. The first kappa shape index (κ1) is 18.0. The Morgan fingerprint density at radius 1 is 1.19 bits per heavy atom. The summed E-state index contributed by atoms with van der Waals surface area (Å²) >= 11 is 0. The van der Waals surface area contributed by atoms with E-state index < -0.39 is 0 Å². The number of aromatic nitrogens is 2. The van der Waals surface area contributed by atoms with Crippen LogP contribution in [0.4, 0.5) is 11.8 Å². The van der Waals surface area contributed by atoms with Crippen molar-refractivity contribution in [2.45, 2.75) is 51.3 Å². The van der Waals surface area contributed by atoms with E-state index in [4.69, 9.17) is 9.72 Å². The van der Waals surface area contributed by atoms with Crippen LogP contribution in [0.1, 0.15) is 32.3 Å². The Labute approximate surface area is 160 Å². The summed E-state index contributed by atoms with van der Waals surface area (Å²) in [5.41, 5.74) is 1.23. The van der Waals surface area contributed by atoms with Crippen molar-refractivity contribution in [3.8, 4) is 0 Å². The van der Waals surface area contributed by atoms with Crippen LogP contribution >= 0.6 is 0 Å². The second-order valence-corrected chi connectivity index (χ2v) is 7.62. The summed E-state index contributed by atoms with van der Waals surface area (Å²) < 4.78 is 5.72. The monoisotopic (exact) mass is 368 g/mol. The minimum atomic E-state index is -0.0910. The van der Waals surface area contributed by atoms with Crippen LogP contribution in [0.15, 0.2) is 41.2 Å². The number of hydrogen-bond donors (Lipinski definition) is 1. The van der Waals surface area contributed by atoms with E-state index >= 15 is 0 Å². The summed E-state index contributed by atoms with van der Waals surface area (Å²) in [5.74, 6) is 1.45. The van der Waals surface area contributed by atoms with Gasteiger partial charge in [0.25, 0.3) is 5.56 Å². The van der Waals surface area contributed by atoms with Crippen molar-refractivity contribution in [3.05, 3.63) is 52.3 Å². The van der Waals surface area contributed by atoms with Crippen molar-refractivity contribution in [2.75, 3.05) is 29.5 Å². The van der Waals surface area contributed by atoms with Crippen LogP contribution in [0.25, 0.3) is 0 Å². The fraction of sp³-hybridized carbons (Fsp3) is 0.524. The fourth-order valence-electron chi connectivity index (χ4n) is 4.18. The standard InChI is InChI=1S/C21H28N4O2/c1-15-16(2)27-12-11-24(15)19-14-20(26)23-21(22-19)25-10-6-9-18(25)13-17-7-4-3-5-8-17/h3-5,7-8,14-16,18H,6,9-13H2,1-2H3,(H,22,23,26)/t15-,16-,18+/m1/s1. The number of benzene rings is 1. The number of H-pyrrole nitrogens is 1. The van der Waals surface area contributed by atoms with Crippen LogP contribution in [0, 0.1) is 0 Å². The molecule has 144 valence electrons. The summed E-state index contributed by atoms with van der Waals surface area (Å²) in [4.78, 5) is 24.7. The van der Waals surface area contributed by atoms with E-state index in [0.29, 0.717) is 18.6 Å². The Bertz CT molecular complexity index is 822. The average molecular weight is 368 g/mol. The van der Waals surface area contributed by atoms with Crippen molar-refractivity contribution < 1.29 is 4.74 Å². The second kappa shape index (κ2) is 7.72. The molecule has 0 bridgehead atoms. The van der Waals surface area contributed by atoms with Crippen molar-refractivity contribution in [3.63, 3.8) is 0 Å². The molecule has 6 heteroatoms. The molecule has 0 radical (unpaired) electrons. The Balaban J connectivity index is 1.59. The van der Waals surface area contributed by atoms with Gasteiger partial charge in [-0.1, -0.05) is 30.3 Å². The zero-order valence-electron chi connectivity index (χ0n) is 16.1. The van der Waals surface area contributed by atoms with Crippen molar-refractivity contribution >= 4 is 11.8 Å². The number of nitrogens with zero attached hydrogens (tertiary/aromatic N) is 3. The van der Waals surface area contributed by atoms with Gasteiger partial charge in [-0.2, -0.15) is 4.98 Å². The molecule has 2 aliphatic heterocycles. The van der Waals surface area contributed by atoms with Gasteiger partial charge < -0.3 is 14.5 Å². The van der Waals surface area contributed by atoms with E-state index in [2.05, 4.69) is 52.9 Å². The summed E-state index contributed by atoms with van der Waals surface area (Å²) in [5, 5.41) is 0. The summed E-state index contributed by atoms with van der Waals surface area (Å²) in [7, 11) is 0. The normalized spacial score (nSPS) is 25.8. The van der Waals surface area contributed by atoms with Gasteiger partial charge in [0, 0.05) is 25.2 Å². The predicted octanol–water partition coefficient (Wildman–Crippen LogP) is 2.59. The SMILES string of the molecule is C[C@@H]1[C@@H](C)OCCN1c1cc(=O)[nH]c(N2CCC[C@H]2Cc2ccccc2)n1. The van der Waals surface area contributed by atoms with Crippen LogP contribution in [-0.2, 0) is 11.2 Å². The molecule has 0 unspecified atom stereocenters. The molecule has 0 saturated carbocycles. The molecule has 0 aliphatic carbocycles. The molecule has 2 aromatic rings. The second-order valence-electron chi connectivity index (χ2n) is 7.62. The molecular formula is C21H28N4O2. The van der Waals surface area contributed by atoms with Crippen molar-refractivity contribution in [1.82, 2.24) is 9.97 Å². The molecule has 6 nitrogen and oxygen atoms in total. The average Bonchev–Trinajstić information content (AvgIpc) is 3.12. The molecule has 2 aliphatic rings. The molecule has 0 spiro atoms. The maximum Gasteiger partial charge on any atom is 0.254 e. The highest BCUT2D eigenvalue weighted by Crippen LogP contribution is 2.27. The van der Waals surface area contributed by atoms with E-state index in [1.54, 1.807) is 6.07 Å². The Morgan fingerprint density at radius 3 is 2.81 bits per heavy atom. The maximum absolute atomic E-state index is 12.4. The smallest absolute Gasteiger partial charge is 0.254 e. The van der Waals surface area contributed by atoms with E-state index in [9.17, 15) is 4.79 Å². The molecular weight excluding hydrogens is 340 g/mol. The Hall–Kier alpha value is -2.34. The van der Waals surface area contributed by atoms with Gasteiger partial charge in [0.2, 0.25) is 5.95 Å². The Morgan fingerprint density at radius 2 is 2.00 bits per heavy atom. The van der Waals surface area contributed by atoms with Crippen LogP contribution < -0.4 is 15.4 Å². The molecule has 4 rings (SSSR count). The van der Waals surface area contributed by atoms with Gasteiger partial charge in [-0.15, -0.1) is 0 Å². The first-order valence-corrected chi connectivity index (χ1v) is 9.92. The molecule has 1 aromatic carbocycles. The van der Waals surface area contributed by atoms with Crippen molar-refractivity contribution in [2.24, 2.45) is 0 Å². The van der Waals surface area contributed by atoms with Gasteiger partial charge in [-0.3, -0.25) is 9.78 Å². The topological polar surface area (TPSA) is 61.5 Å². The highest BCUT2D eigenvalue weighted by molar-refractivity contribution is 5.46. The van der Waals surface area contributed by atoms with E-state index in [1.165, 1.54) is 5.56 Å². The fourth-order valence-corrected chi connectivity index (χ4v) is 4.18. The lowest BCUT2D eigenvalue weighted by molar-refractivity contribution is 0.0281. The zero-order valence-corrected chi connectivity index (χ0v) is 16.1. The van der Waals surface area contributed by atoms with Gasteiger partial charge in [0.1, 0.15) is 5.82 Å². The van der Waals surface area contributed by atoms with E-state index in [1.807, 2.05) is 6.07 Å². The quantitative estimate of drug-likeness (QED) is 0.899. The van der Waals surface area contributed by atoms with Gasteiger partial charge in [0.15, 0.2) is 0 Å². The van der Waals surface area contributed by atoms with Gasteiger partial charge in [-0.05, 0) is 38.7 Å². The lowest BCUT2D eigenvalue weighted by Crippen LogP contribution is -2.49. The molecule has 3 atom stereocenters. The molecule has 27 heavy (non-hydrogen) atoms. The van der Waals surface area contributed by atoms with Gasteiger partial charge >= 0.3 is 0 Å². The minimum Gasteiger partial charge on any atom is -0.375 e. The number of nitrogens with one attached hydrogen (secondary N) is 1. The van der Waals surface area contributed by atoms with Crippen molar-refractivity contribution in [1.29, 1.82) is 0 Å². The first-order chi connectivity index (χ1) is 13.1. The number of morpholine rings is 1. The van der Waals surface area contributed by atoms with E-state index in [-0.39, 0.29) is 17.7 Å². The third-order valence-electron chi connectivity index (χ3n) is 5.86. The molecule has 0 amide bonds. The number of aromatic amines is 1. The summed E-state index contributed by atoms with van der Waals surface area (Å²) in [6, 6.07) is 12.7.